The Labute approximate surface area is 92.9 Å². The minimum atomic E-state index is 0.612. The fourth-order valence-corrected chi connectivity index (χ4v) is 2.02. The van der Waals surface area contributed by atoms with Gasteiger partial charge in [0, 0.05) is 0 Å². The van der Waals surface area contributed by atoms with E-state index in [1.54, 1.807) is 18.9 Å². The third-order valence-corrected chi connectivity index (χ3v) is 2.81. The van der Waals surface area contributed by atoms with Crippen molar-refractivity contribution in [2.24, 2.45) is 0 Å². The van der Waals surface area contributed by atoms with Gasteiger partial charge in [0.1, 0.15) is 0 Å². The summed E-state index contributed by atoms with van der Waals surface area (Å²) in [6, 6.07) is 7.81. The quantitative estimate of drug-likeness (QED) is 0.745. The molecule has 0 aliphatic carbocycles. The Kier molecular flexibility index (Phi) is 3.06. The summed E-state index contributed by atoms with van der Waals surface area (Å²) < 4.78 is 5.21. The number of fused-ring (bicyclic) bond motifs is 1. The summed E-state index contributed by atoms with van der Waals surface area (Å²) in [5.41, 5.74) is 1.78. The van der Waals surface area contributed by atoms with Crippen molar-refractivity contribution in [2.75, 3.05) is 12.9 Å². The molecule has 4 heteroatoms. The first kappa shape index (κ1) is 10.2. The van der Waals surface area contributed by atoms with Gasteiger partial charge in [0.15, 0.2) is 5.03 Å². The number of benzene rings is 1. The van der Waals surface area contributed by atoms with Gasteiger partial charge in [0.2, 0.25) is 5.88 Å². The van der Waals surface area contributed by atoms with Crippen molar-refractivity contribution in [3.63, 3.8) is 0 Å². The molecule has 0 bridgehead atoms. The highest BCUT2D eigenvalue weighted by atomic mass is 32.2. The highest BCUT2D eigenvalue weighted by molar-refractivity contribution is 7.99. The van der Waals surface area contributed by atoms with Crippen LogP contribution in [0.1, 0.15) is 6.92 Å². The Hall–Kier alpha value is -1.29. The smallest absolute Gasteiger partial charge is 0.247 e. The van der Waals surface area contributed by atoms with Gasteiger partial charge in [-0.2, -0.15) is 0 Å². The van der Waals surface area contributed by atoms with Crippen molar-refractivity contribution >= 4 is 22.8 Å². The molecule has 3 nitrogen and oxygen atoms in total. The summed E-state index contributed by atoms with van der Waals surface area (Å²) in [6.07, 6.45) is 0. The molecule has 1 aromatic heterocycles. The lowest BCUT2D eigenvalue weighted by molar-refractivity contribution is 0.385. The fraction of sp³-hybridized carbons (Fsp3) is 0.273. The van der Waals surface area contributed by atoms with Gasteiger partial charge in [-0.05, 0) is 17.9 Å². The van der Waals surface area contributed by atoms with Crippen LogP contribution in [0.15, 0.2) is 29.3 Å². The number of aromatic nitrogens is 2. The van der Waals surface area contributed by atoms with E-state index in [-0.39, 0.29) is 0 Å². The van der Waals surface area contributed by atoms with E-state index in [1.807, 2.05) is 24.3 Å². The van der Waals surface area contributed by atoms with Gasteiger partial charge in [0.05, 0.1) is 18.1 Å². The molecule has 0 aliphatic rings. The normalized spacial score (nSPS) is 10.5. The lowest BCUT2D eigenvalue weighted by atomic mass is 10.3. The SMILES string of the molecule is CCSc1nc2ccccc2nc1OC. The van der Waals surface area contributed by atoms with Crippen LogP contribution in [-0.4, -0.2) is 22.8 Å². The van der Waals surface area contributed by atoms with E-state index in [9.17, 15) is 0 Å². The number of rotatable bonds is 3. The predicted octanol–water partition coefficient (Wildman–Crippen LogP) is 2.75. The first-order chi connectivity index (χ1) is 7.35. The molecule has 0 N–H and O–H groups in total. The standard InChI is InChI=1S/C11H12N2OS/c1-3-15-11-10(14-2)12-8-6-4-5-7-9(8)13-11/h4-7H,3H2,1-2H3. The zero-order valence-electron chi connectivity index (χ0n) is 8.73. The van der Waals surface area contributed by atoms with Crippen LogP contribution in [-0.2, 0) is 0 Å². The van der Waals surface area contributed by atoms with E-state index in [1.165, 1.54) is 0 Å². The highest BCUT2D eigenvalue weighted by Gasteiger charge is 2.08. The Bertz CT molecular complexity index is 473. The molecule has 0 atom stereocenters. The van der Waals surface area contributed by atoms with Crippen molar-refractivity contribution in [2.45, 2.75) is 11.9 Å². The van der Waals surface area contributed by atoms with Gasteiger partial charge in [-0.1, -0.05) is 19.1 Å². The third kappa shape index (κ3) is 2.04. The monoisotopic (exact) mass is 220 g/mol. The minimum absolute atomic E-state index is 0.612. The maximum atomic E-state index is 5.21. The molecule has 0 unspecified atom stereocenters. The fourth-order valence-electron chi connectivity index (χ4n) is 1.33. The molecule has 0 saturated carbocycles. The van der Waals surface area contributed by atoms with Crippen LogP contribution in [0.4, 0.5) is 0 Å². The van der Waals surface area contributed by atoms with Gasteiger partial charge < -0.3 is 4.74 Å². The molecular formula is C11H12N2OS. The minimum Gasteiger partial charge on any atom is -0.479 e. The van der Waals surface area contributed by atoms with Crippen LogP contribution >= 0.6 is 11.8 Å². The largest absolute Gasteiger partial charge is 0.479 e. The third-order valence-electron chi connectivity index (χ3n) is 1.98. The molecule has 0 radical (unpaired) electrons. The van der Waals surface area contributed by atoms with E-state index in [0.29, 0.717) is 5.88 Å². The van der Waals surface area contributed by atoms with Crippen molar-refractivity contribution in [3.8, 4) is 5.88 Å². The molecule has 0 aliphatic heterocycles. The summed E-state index contributed by atoms with van der Waals surface area (Å²) in [6.45, 7) is 2.08. The van der Waals surface area contributed by atoms with Crippen LogP contribution in [0.2, 0.25) is 0 Å². The average Bonchev–Trinajstić information content (AvgIpc) is 2.28. The van der Waals surface area contributed by atoms with E-state index >= 15 is 0 Å². The summed E-state index contributed by atoms with van der Waals surface area (Å²) in [7, 11) is 1.62. The second-order valence-electron chi connectivity index (χ2n) is 2.96. The number of thioether (sulfide) groups is 1. The predicted molar refractivity (Wildman–Crippen MR) is 62.5 cm³/mol. The average molecular weight is 220 g/mol. The number of para-hydroxylation sites is 2. The molecule has 2 aromatic rings. The van der Waals surface area contributed by atoms with Crippen LogP contribution in [0, 0.1) is 0 Å². The van der Waals surface area contributed by atoms with Crippen LogP contribution < -0.4 is 4.74 Å². The molecule has 1 aromatic carbocycles. The zero-order valence-corrected chi connectivity index (χ0v) is 9.54. The lowest BCUT2D eigenvalue weighted by Crippen LogP contribution is -1.95. The van der Waals surface area contributed by atoms with Gasteiger partial charge in [-0.3, -0.25) is 0 Å². The number of hydrogen-bond acceptors (Lipinski definition) is 4. The summed E-state index contributed by atoms with van der Waals surface area (Å²) in [4.78, 5) is 8.92. The zero-order chi connectivity index (χ0) is 10.7. The molecule has 78 valence electrons. The second kappa shape index (κ2) is 4.49. The molecule has 0 amide bonds. The van der Waals surface area contributed by atoms with Crippen molar-refractivity contribution in [1.29, 1.82) is 0 Å². The summed E-state index contributed by atoms with van der Waals surface area (Å²) in [5.74, 6) is 1.57. The highest BCUT2D eigenvalue weighted by Crippen LogP contribution is 2.27. The van der Waals surface area contributed by atoms with Gasteiger partial charge in [-0.25, -0.2) is 9.97 Å². The summed E-state index contributed by atoms with van der Waals surface area (Å²) >= 11 is 1.64. The molecule has 2 rings (SSSR count). The van der Waals surface area contributed by atoms with Gasteiger partial charge in [0.25, 0.3) is 0 Å². The van der Waals surface area contributed by atoms with E-state index < -0.39 is 0 Å². The van der Waals surface area contributed by atoms with Gasteiger partial charge >= 0.3 is 0 Å². The van der Waals surface area contributed by atoms with Crippen LogP contribution in [0.5, 0.6) is 5.88 Å². The van der Waals surface area contributed by atoms with Crippen molar-refractivity contribution in [3.05, 3.63) is 24.3 Å². The molecule has 15 heavy (non-hydrogen) atoms. The molecule has 0 spiro atoms. The maximum absolute atomic E-state index is 5.21. The van der Waals surface area contributed by atoms with Crippen molar-refractivity contribution in [1.82, 2.24) is 9.97 Å². The number of hydrogen-bond donors (Lipinski definition) is 0. The van der Waals surface area contributed by atoms with Crippen LogP contribution in [0.25, 0.3) is 11.0 Å². The Morgan fingerprint density at radius 1 is 1.20 bits per heavy atom. The Morgan fingerprint density at radius 2 is 1.87 bits per heavy atom. The maximum Gasteiger partial charge on any atom is 0.247 e. The first-order valence-corrected chi connectivity index (χ1v) is 5.77. The van der Waals surface area contributed by atoms with Crippen molar-refractivity contribution < 1.29 is 4.74 Å². The van der Waals surface area contributed by atoms with Crippen LogP contribution in [0.3, 0.4) is 0 Å². The number of ether oxygens (including phenoxy) is 1. The molecule has 1 heterocycles. The van der Waals surface area contributed by atoms with E-state index in [2.05, 4.69) is 16.9 Å². The van der Waals surface area contributed by atoms with E-state index in [0.717, 1.165) is 21.8 Å². The number of methoxy groups -OCH3 is 1. The topological polar surface area (TPSA) is 35.0 Å². The van der Waals surface area contributed by atoms with E-state index in [4.69, 9.17) is 4.74 Å². The number of nitrogens with zero attached hydrogens (tertiary/aromatic N) is 2. The molecule has 0 fully saturated rings. The van der Waals surface area contributed by atoms with Gasteiger partial charge in [-0.15, -0.1) is 11.8 Å². The molecule has 0 saturated heterocycles. The Morgan fingerprint density at radius 3 is 2.47 bits per heavy atom. The summed E-state index contributed by atoms with van der Waals surface area (Å²) in [5, 5.41) is 0.860. The first-order valence-electron chi connectivity index (χ1n) is 4.78. The lowest BCUT2D eigenvalue weighted by Gasteiger charge is -2.06. The molecular weight excluding hydrogens is 208 g/mol. The Balaban J connectivity index is 2.58. The second-order valence-corrected chi connectivity index (χ2v) is 4.21.